The highest BCUT2D eigenvalue weighted by molar-refractivity contribution is 9.10. The highest BCUT2D eigenvalue weighted by Gasteiger charge is 2.24. The lowest BCUT2D eigenvalue weighted by molar-refractivity contribution is -0.117. The van der Waals surface area contributed by atoms with E-state index in [0.717, 1.165) is 62.6 Å². The van der Waals surface area contributed by atoms with Crippen LogP contribution in [-0.4, -0.2) is 29.6 Å². The molecule has 2 saturated carbocycles. The molecule has 9 heteroatoms. The van der Waals surface area contributed by atoms with Gasteiger partial charge in [0.15, 0.2) is 0 Å². The predicted octanol–water partition coefficient (Wildman–Crippen LogP) is 6.94. The molecule has 0 saturated heterocycles. The Hall–Kier alpha value is -3.59. The molecule has 0 spiro atoms. The smallest absolute Gasteiger partial charge is 0.253 e. The Labute approximate surface area is 266 Å². The van der Waals surface area contributed by atoms with Crippen molar-refractivity contribution >= 4 is 39.1 Å². The van der Waals surface area contributed by atoms with Gasteiger partial charge in [0, 0.05) is 36.1 Å². The number of anilines is 2. The molecule has 0 bridgehead atoms. The lowest BCUT2D eigenvalue weighted by atomic mass is 9.86. The molecule has 2 amide bonds. The summed E-state index contributed by atoms with van der Waals surface area (Å²) in [6, 6.07) is 10.0. The molecule has 2 N–H and O–H groups in total. The first kappa shape index (κ1) is 30.4. The number of hydrogen-bond acceptors (Lipinski definition) is 5. The number of aryl methyl sites for hydroxylation is 4. The van der Waals surface area contributed by atoms with Crippen LogP contribution in [0, 0.1) is 18.8 Å². The number of nitrogens with one attached hydrogen (secondary N) is 2. The zero-order chi connectivity index (χ0) is 30.8. The van der Waals surface area contributed by atoms with Gasteiger partial charge in [0.1, 0.15) is 11.5 Å². The maximum absolute atomic E-state index is 12.0. The van der Waals surface area contributed by atoms with E-state index in [1.807, 2.05) is 31.3 Å². The topological polar surface area (TPSA) is 98.7 Å². The Morgan fingerprint density at radius 2 is 1.30 bits per heavy atom. The predicted molar refractivity (Wildman–Crippen MR) is 176 cm³/mol. The lowest BCUT2D eigenvalue weighted by Gasteiger charge is -2.27. The summed E-state index contributed by atoms with van der Waals surface area (Å²) in [5, 5.41) is 5.91. The number of benzene rings is 2. The van der Waals surface area contributed by atoms with Crippen LogP contribution in [0.1, 0.15) is 68.1 Å². The van der Waals surface area contributed by atoms with E-state index >= 15 is 0 Å². The van der Waals surface area contributed by atoms with Gasteiger partial charge in [-0.05, 0) is 110 Å². The van der Waals surface area contributed by atoms with Crippen molar-refractivity contribution in [2.75, 3.05) is 23.8 Å². The summed E-state index contributed by atoms with van der Waals surface area (Å²) in [5.74, 6) is 2.98. The Morgan fingerprint density at radius 1 is 0.750 bits per heavy atom. The van der Waals surface area contributed by atoms with Crippen LogP contribution in [-0.2, 0) is 29.5 Å². The highest BCUT2D eigenvalue weighted by atomic mass is 79.9. The Bertz CT molecular complexity index is 1610. The fraction of sp³-hybridized carbons (Fsp3) is 0.457. The van der Waals surface area contributed by atoms with Crippen molar-refractivity contribution in [2.24, 2.45) is 18.9 Å². The van der Waals surface area contributed by atoms with Crippen LogP contribution < -0.4 is 25.7 Å². The van der Waals surface area contributed by atoms with Crippen molar-refractivity contribution in [1.82, 2.24) is 4.57 Å². The molecule has 3 heterocycles. The second-order valence-corrected chi connectivity index (χ2v) is 13.5. The molecule has 1 aromatic heterocycles. The van der Waals surface area contributed by atoms with E-state index in [-0.39, 0.29) is 17.4 Å². The number of fused-ring (bicyclic) bond motifs is 2. The van der Waals surface area contributed by atoms with E-state index in [4.69, 9.17) is 9.47 Å². The SMILES string of the molecule is Cc1cc(-c2cc3c(c(OCC4CCC4)c2)NC(=O)CC3)cn(C)c1=O.O=C1CCc2cc(Br)cc(OCC3CCC3)c2N1. The van der Waals surface area contributed by atoms with E-state index in [1.54, 1.807) is 11.6 Å². The van der Waals surface area contributed by atoms with Gasteiger partial charge in [-0.15, -0.1) is 0 Å². The summed E-state index contributed by atoms with van der Waals surface area (Å²) >= 11 is 3.50. The van der Waals surface area contributed by atoms with Crippen LogP contribution in [0.15, 0.2) is 45.8 Å². The molecule has 8 nitrogen and oxygen atoms in total. The van der Waals surface area contributed by atoms with Crippen molar-refractivity contribution in [3.05, 3.63) is 68.0 Å². The van der Waals surface area contributed by atoms with Crippen LogP contribution in [0.2, 0.25) is 0 Å². The second kappa shape index (κ2) is 13.2. The van der Waals surface area contributed by atoms with E-state index in [1.165, 1.54) is 38.5 Å². The van der Waals surface area contributed by atoms with Gasteiger partial charge in [-0.1, -0.05) is 28.8 Å². The zero-order valence-corrected chi connectivity index (χ0v) is 27.1. The van der Waals surface area contributed by atoms with Gasteiger partial charge >= 0.3 is 0 Å². The van der Waals surface area contributed by atoms with Gasteiger partial charge in [-0.25, -0.2) is 0 Å². The van der Waals surface area contributed by atoms with Gasteiger partial charge in [-0.2, -0.15) is 0 Å². The summed E-state index contributed by atoms with van der Waals surface area (Å²) in [7, 11) is 1.77. The lowest BCUT2D eigenvalue weighted by Crippen LogP contribution is -2.23. The quantitative estimate of drug-likeness (QED) is 0.286. The van der Waals surface area contributed by atoms with Gasteiger partial charge in [0.2, 0.25) is 11.8 Å². The number of aromatic nitrogens is 1. The minimum atomic E-state index is 0.0143. The molecule has 44 heavy (non-hydrogen) atoms. The fourth-order valence-corrected chi connectivity index (χ4v) is 6.54. The number of amides is 2. The third-order valence-corrected chi connectivity index (χ3v) is 9.66. The first-order valence-corrected chi connectivity index (χ1v) is 16.5. The molecule has 0 radical (unpaired) electrons. The van der Waals surface area contributed by atoms with E-state index < -0.39 is 0 Å². The molecule has 0 atom stereocenters. The first-order valence-electron chi connectivity index (χ1n) is 15.8. The summed E-state index contributed by atoms with van der Waals surface area (Å²) in [6.07, 6.45) is 12.0. The van der Waals surface area contributed by atoms with Crippen molar-refractivity contribution in [1.29, 1.82) is 0 Å². The van der Waals surface area contributed by atoms with Crippen molar-refractivity contribution in [3.8, 4) is 22.6 Å². The van der Waals surface area contributed by atoms with Gasteiger partial charge in [-0.3, -0.25) is 14.4 Å². The number of pyridine rings is 1. The highest BCUT2D eigenvalue weighted by Crippen LogP contribution is 2.39. The number of carbonyl (C=O) groups excluding carboxylic acids is 2. The van der Waals surface area contributed by atoms with Crippen LogP contribution in [0.25, 0.3) is 11.1 Å². The molecule has 2 fully saturated rings. The number of rotatable bonds is 7. The largest absolute Gasteiger partial charge is 0.491 e. The maximum atomic E-state index is 12.0. The first-order chi connectivity index (χ1) is 21.2. The van der Waals surface area contributed by atoms with Crippen molar-refractivity contribution < 1.29 is 19.1 Å². The molecule has 2 aliphatic heterocycles. The minimum absolute atomic E-state index is 0.0143. The van der Waals surface area contributed by atoms with E-state index in [0.29, 0.717) is 43.3 Å². The van der Waals surface area contributed by atoms with Crippen LogP contribution >= 0.6 is 15.9 Å². The number of hydrogen-bond donors (Lipinski definition) is 2. The van der Waals surface area contributed by atoms with E-state index in [2.05, 4.69) is 38.7 Å². The average molecular weight is 663 g/mol. The minimum Gasteiger partial charge on any atom is -0.491 e. The van der Waals surface area contributed by atoms with Crippen molar-refractivity contribution in [3.63, 3.8) is 0 Å². The molecular formula is C35H40BrN3O5. The van der Waals surface area contributed by atoms with Gasteiger partial charge in [0.25, 0.3) is 5.56 Å². The number of carbonyl (C=O) groups is 2. The number of halogens is 1. The molecule has 7 rings (SSSR count). The summed E-state index contributed by atoms with van der Waals surface area (Å²) in [6.45, 7) is 3.29. The molecule has 3 aromatic rings. The summed E-state index contributed by atoms with van der Waals surface area (Å²) in [4.78, 5) is 35.3. The molecule has 232 valence electrons. The second-order valence-electron chi connectivity index (χ2n) is 12.6. The summed E-state index contributed by atoms with van der Waals surface area (Å²) in [5.41, 5.74) is 6.66. The molecular weight excluding hydrogens is 622 g/mol. The molecule has 4 aliphatic rings. The number of ether oxygens (including phenoxy) is 2. The zero-order valence-electron chi connectivity index (χ0n) is 25.5. The van der Waals surface area contributed by atoms with Crippen LogP contribution in [0.3, 0.4) is 0 Å². The van der Waals surface area contributed by atoms with Gasteiger partial charge < -0.3 is 24.7 Å². The fourth-order valence-electron chi connectivity index (χ4n) is 6.05. The Morgan fingerprint density at radius 3 is 1.82 bits per heavy atom. The average Bonchev–Trinajstić information content (AvgIpc) is 2.94. The molecule has 0 unspecified atom stereocenters. The van der Waals surface area contributed by atoms with Gasteiger partial charge in [0.05, 0.1) is 24.6 Å². The maximum Gasteiger partial charge on any atom is 0.253 e. The Kier molecular flexibility index (Phi) is 9.12. The third kappa shape index (κ3) is 6.88. The molecule has 2 aliphatic carbocycles. The standard InChI is InChI=1S/C21H24N2O3.C14H16BrNO2/c1-13-8-17(11-23(2)21(13)25)16-9-15-6-7-19(24)22-20(15)18(10-16)26-12-14-4-3-5-14;15-11-6-10-4-5-13(17)16-14(10)12(7-11)18-8-9-2-1-3-9/h8-11,14H,3-7,12H2,1-2H3,(H,22,24);6-7,9H,1-5,8H2,(H,16,17). The summed E-state index contributed by atoms with van der Waals surface area (Å²) < 4.78 is 14.6. The van der Waals surface area contributed by atoms with E-state index in [9.17, 15) is 14.4 Å². The van der Waals surface area contributed by atoms with Crippen molar-refractivity contribution in [2.45, 2.75) is 71.1 Å². The monoisotopic (exact) mass is 661 g/mol. The Balaban J connectivity index is 0.000000167. The normalized spacial score (nSPS) is 17.5. The molecule has 2 aromatic carbocycles. The van der Waals surface area contributed by atoms with Crippen LogP contribution in [0.4, 0.5) is 11.4 Å². The van der Waals surface area contributed by atoms with Crippen LogP contribution in [0.5, 0.6) is 11.5 Å². The number of nitrogens with zero attached hydrogens (tertiary/aromatic N) is 1. The third-order valence-electron chi connectivity index (χ3n) is 9.20.